The molecule has 1 unspecified atom stereocenters. The number of esters is 1. The number of para-hydroxylation sites is 1. The van der Waals surface area contributed by atoms with Crippen LogP contribution in [-0.2, 0) is 14.3 Å². The van der Waals surface area contributed by atoms with Crippen molar-refractivity contribution in [3.8, 4) is 6.07 Å². The molecule has 0 bridgehead atoms. The smallest absolute Gasteiger partial charge is 0.315 e. The molecule has 1 N–H and O–H groups in total. The molecule has 0 saturated carbocycles. The van der Waals surface area contributed by atoms with Crippen LogP contribution in [0.1, 0.15) is 18.4 Å². The maximum absolute atomic E-state index is 14.8. The number of rotatable bonds is 8. The SMILES string of the molecule is C=CCOC(=O)C1C(C)=NC(SCC(=O)Nc2ccccc2Cl)=C(C#N)[C@@H]1c1ccccc1F. The van der Waals surface area contributed by atoms with E-state index in [-0.39, 0.29) is 34.4 Å². The highest BCUT2D eigenvalue weighted by Gasteiger charge is 2.41. The Bertz CT molecular complexity index is 1220. The summed E-state index contributed by atoms with van der Waals surface area (Å²) in [6.45, 7) is 5.12. The first-order chi connectivity index (χ1) is 16.4. The third kappa shape index (κ3) is 5.74. The minimum absolute atomic E-state index is 0.0258. The van der Waals surface area contributed by atoms with E-state index in [1.54, 1.807) is 37.3 Å². The second-order valence-electron chi connectivity index (χ2n) is 7.30. The zero-order chi connectivity index (χ0) is 24.7. The monoisotopic (exact) mass is 497 g/mol. The van der Waals surface area contributed by atoms with Gasteiger partial charge in [0.05, 0.1) is 28.1 Å². The number of aliphatic imine (C=N–C) groups is 1. The van der Waals surface area contributed by atoms with E-state index in [9.17, 15) is 19.2 Å². The van der Waals surface area contributed by atoms with Gasteiger partial charge in [0, 0.05) is 11.6 Å². The van der Waals surface area contributed by atoms with E-state index in [1.807, 2.05) is 0 Å². The summed E-state index contributed by atoms with van der Waals surface area (Å²) in [6, 6.07) is 14.8. The highest BCUT2D eigenvalue weighted by Crippen LogP contribution is 2.43. The molecule has 2 aromatic rings. The van der Waals surface area contributed by atoms with Gasteiger partial charge in [0.1, 0.15) is 23.4 Å². The minimum atomic E-state index is -0.993. The number of halogens is 2. The van der Waals surface area contributed by atoms with E-state index < -0.39 is 23.6 Å². The number of hydrogen-bond donors (Lipinski definition) is 1. The average Bonchev–Trinajstić information content (AvgIpc) is 2.82. The summed E-state index contributed by atoms with van der Waals surface area (Å²) in [5.41, 5.74) is 1.08. The summed E-state index contributed by atoms with van der Waals surface area (Å²) in [5, 5.41) is 13.3. The molecule has 6 nitrogen and oxygen atoms in total. The van der Waals surface area contributed by atoms with Gasteiger partial charge < -0.3 is 10.1 Å². The quantitative estimate of drug-likeness (QED) is 0.384. The summed E-state index contributed by atoms with van der Waals surface area (Å²) >= 11 is 7.11. The molecular weight excluding hydrogens is 477 g/mol. The molecule has 0 radical (unpaired) electrons. The standard InChI is InChI=1S/C25H21ClFN3O3S/c1-3-12-33-25(32)22-15(2)29-24(17(13-28)23(22)16-8-4-6-10-19(16)27)34-14-21(31)30-20-11-7-5-9-18(20)26/h3-11,22-23H,1,12,14H2,2H3,(H,30,31)/t22?,23-/m0/s1. The van der Waals surface area contributed by atoms with Gasteiger partial charge in [0.15, 0.2) is 0 Å². The Morgan fingerprint density at radius 3 is 2.68 bits per heavy atom. The van der Waals surface area contributed by atoms with Gasteiger partial charge in [0.25, 0.3) is 0 Å². The van der Waals surface area contributed by atoms with E-state index in [2.05, 4.69) is 23.0 Å². The van der Waals surface area contributed by atoms with Crippen LogP contribution in [0, 0.1) is 23.1 Å². The van der Waals surface area contributed by atoms with Crippen molar-refractivity contribution in [1.29, 1.82) is 5.26 Å². The van der Waals surface area contributed by atoms with Crippen LogP contribution in [0.5, 0.6) is 0 Å². The number of benzene rings is 2. The van der Waals surface area contributed by atoms with Crippen molar-refractivity contribution in [2.24, 2.45) is 10.9 Å². The normalized spacial score (nSPS) is 17.4. The predicted molar refractivity (Wildman–Crippen MR) is 132 cm³/mol. The molecule has 1 heterocycles. The molecule has 174 valence electrons. The lowest BCUT2D eigenvalue weighted by atomic mass is 9.77. The van der Waals surface area contributed by atoms with Crippen LogP contribution in [0.4, 0.5) is 10.1 Å². The van der Waals surface area contributed by atoms with Gasteiger partial charge >= 0.3 is 5.97 Å². The van der Waals surface area contributed by atoms with Gasteiger partial charge in [-0.25, -0.2) is 9.38 Å². The molecule has 1 aliphatic rings. The Hall–Kier alpha value is -3.41. The van der Waals surface area contributed by atoms with Crippen molar-refractivity contribution < 1.29 is 18.7 Å². The molecule has 3 rings (SSSR count). The van der Waals surface area contributed by atoms with Gasteiger partial charge in [-0.3, -0.25) is 9.59 Å². The molecular formula is C25H21ClFN3O3S. The topological polar surface area (TPSA) is 91.5 Å². The van der Waals surface area contributed by atoms with Crippen molar-refractivity contribution >= 4 is 46.6 Å². The predicted octanol–water partition coefficient (Wildman–Crippen LogP) is 5.49. The number of ether oxygens (including phenoxy) is 1. The van der Waals surface area contributed by atoms with Crippen LogP contribution in [0.2, 0.25) is 5.02 Å². The molecule has 0 aromatic heterocycles. The van der Waals surface area contributed by atoms with E-state index >= 15 is 0 Å². The number of thioether (sulfide) groups is 1. The van der Waals surface area contributed by atoms with Gasteiger partial charge in [-0.05, 0) is 30.7 Å². The Labute approximate surface area is 206 Å². The molecule has 1 aliphatic heterocycles. The lowest BCUT2D eigenvalue weighted by Gasteiger charge is -2.30. The number of carbonyl (C=O) groups is 2. The number of nitrogens with one attached hydrogen (secondary N) is 1. The van der Waals surface area contributed by atoms with E-state index in [4.69, 9.17) is 16.3 Å². The second kappa shape index (κ2) is 11.6. The van der Waals surface area contributed by atoms with Gasteiger partial charge in [0.2, 0.25) is 5.91 Å². The second-order valence-corrected chi connectivity index (χ2v) is 8.67. The number of nitrogens with zero attached hydrogens (tertiary/aromatic N) is 2. The fourth-order valence-electron chi connectivity index (χ4n) is 3.54. The molecule has 0 saturated heterocycles. The number of nitriles is 1. The largest absolute Gasteiger partial charge is 0.461 e. The number of allylic oxidation sites excluding steroid dienone is 1. The van der Waals surface area contributed by atoms with Crippen molar-refractivity contribution in [2.75, 3.05) is 17.7 Å². The van der Waals surface area contributed by atoms with Gasteiger partial charge in [-0.15, -0.1) is 0 Å². The van der Waals surface area contributed by atoms with Crippen LogP contribution >= 0.6 is 23.4 Å². The zero-order valence-corrected chi connectivity index (χ0v) is 19.8. The third-order valence-electron chi connectivity index (χ3n) is 5.05. The summed E-state index contributed by atoms with van der Waals surface area (Å²) < 4.78 is 20.0. The first-order valence-electron chi connectivity index (χ1n) is 10.3. The number of amides is 1. The number of carbonyl (C=O) groups excluding carboxylic acids is 2. The minimum Gasteiger partial charge on any atom is -0.461 e. The van der Waals surface area contributed by atoms with Crippen LogP contribution in [-0.4, -0.2) is 29.9 Å². The molecule has 0 fully saturated rings. The summed E-state index contributed by atoms with van der Waals surface area (Å²) in [4.78, 5) is 29.8. The molecule has 1 amide bonds. The summed E-state index contributed by atoms with van der Waals surface area (Å²) in [5.74, 6) is -3.56. The lowest BCUT2D eigenvalue weighted by molar-refractivity contribution is -0.145. The van der Waals surface area contributed by atoms with Crippen molar-refractivity contribution in [3.05, 3.63) is 88.2 Å². The maximum atomic E-state index is 14.8. The van der Waals surface area contributed by atoms with Gasteiger partial charge in [-0.2, -0.15) is 5.26 Å². The Morgan fingerprint density at radius 1 is 1.29 bits per heavy atom. The maximum Gasteiger partial charge on any atom is 0.315 e. The molecule has 2 atom stereocenters. The summed E-state index contributed by atoms with van der Waals surface area (Å²) in [7, 11) is 0. The fourth-order valence-corrected chi connectivity index (χ4v) is 4.60. The van der Waals surface area contributed by atoms with Crippen LogP contribution in [0.3, 0.4) is 0 Å². The van der Waals surface area contributed by atoms with Crippen molar-refractivity contribution in [3.63, 3.8) is 0 Å². The van der Waals surface area contributed by atoms with Gasteiger partial charge in [-0.1, -0.05) is 66.3 Å². The highest BCUT2D eigenvalue weighted by atomic mass is 35.5. The molecule has 0 spiro atoms. The van der Waals surface area contributed by atoms with E-state index in [0.717, 1.165) is 11.8 Å². The lowest BCUT2D eigenvalue weighted by Crippen LogP contribution is -2.34. The molecule has 9 heteroatoms. The Balaban J connectivity index is 1.93. The van der Waals surface area contributed by atoms with E-state index in [0.29, 0.717) is 16.4 Å². The van der Waals surface area contributed by atoms with Crippen molar-refractivity contribution in [1.82, 2.24) is 0 Å². The number of anilines is 1. The van der Waals surface area contributed by atoms with Crippen molar-refractivity contribution in [2.45, 2.75) is 12.8 Å². The zero-order valence-electron chi connectivity index (χ0n) is 18.3. The first-order valence-corrected chi connectivity index (χ1v) is 11.6. The Kier molecular flexibility index (Phi) is 8.63. The van der Waals surface area contributed by atoms with Crippen LogP contribution < -0.4 is 5.32 Å². The average molecular weight is 498 g/mol. The fraction of sp³-hybridized carbons (Fsp3) is 0.200. The van der Waals surface area contributed by atoms with Crippen LogP contribution in [0.25, 0.3) is 0 Å². The highest BCUT2D eigenvalue weighted by molar-refractivity contribution is 8.03. The van der Waals surface area contributed by atoms with Crippen LogP contribution in [0.15, 0.2) is 76.8 Å². The van der Waals surface area contributed by atoms with E-state index in [1.165, 1.54) is 24.3 Å². The third-order valence-corrected chi connectivity index (χ3v) is 6.37. The summed E-state index contributed by atoms with van der Waals surface area (Å²) in [6.07, 6.45) is 1.42. The Morgan fingerprint density at radius 2 is 2.00 bits per heavy atom. The molecule has 2 aromatic carbocycles. The molecule has 34 heavy (non-hydrogen) atoms. The molecule has 0 aliphatic carbocycles. The first kappa shape index (κ1) is 25.2. The number of hydrogen-bond acceptors (Lipinski definition) is 6.